The second-order valence-electron chi connectivity index (χ2n) is 5.52. The minimum Gasteiger partial charge on any atom is -0.395 e. The van der Waals surface area contributed by atoms with E-state index in [4.69, 9.17) is 5.11 Å². The third-order valence-corrected chi connectivity index (χ3v) is 5.10. The van der Waals surface area contributed by atoms with E-state index in [2.05, 4.69) is 16.7 Å². The number of hydrogen-bond donors (Lipinski definition) is 1. The lowest BCUT2D eigenvalue weighted by molar-refractivity contribution is 0.0576. The van der Waals surface area contributed by atoms with Gasteiger partial charge in [-0.3, -0.25) is 9.69 Å². The molecule has 0 radical (unpaired) electrons. The van der Waals surface area contributed by atoms with E-state index in [1.54, 1.807) is 0 Å². The van der Waals surface area contributed by atoms with E-state index in [1.807, 2.05) is 16.3 Å². The number of aliphatic hydroxyl groups is 1. The van der Waals surface area contributed by atoms with Crippen LogP contribution in [0.5, 0.6) is 0 Å². The van der Waals surface area contributed by atoms with Gasteiger partial charge in [0.1, 0.15) is 4.88 Å². The van der Waals surface area contributed by atoms with Crippen molar-refractivity contribution >= 4 is 17.2 Å². The Kier molecular flexibility index (Phi) is 4.59. The molecule has 0 saturated carbocycles. The van der Waals surface area contributed by atoms with Gasteiger partial charge in [-0.1, -0.05) is 11.8 Å². The van der Waals surface area contributed by atoms with E-state index in [9.17, 15) is 4.79 Å². The molecule has 4 nitrogen and oxygen atoms in total. The summed E-state index contributed by atoms with van der Waals surface area (Å²) < 4.78 is 0. The predicted octanol–water partition coefficient (Wildman–Crippen LogP) is 1.40. The quantitative estimate of drug-likeness (QED) is 0.840. The molecule has 1 N–H and O–H groups in total. The average molecular weight is 304 g/mol. The standard InChI is InChI=1S/C16H20N2O2S/c19-10-2-1-4-13-6-11-21-15(13)16(20)18-9-8-17-7-3-5-14(17)12-18/h6,11,14,19H,2-3,5,7-10,12H2. The molecule has 2 fully saturated rings. The van der Waals surface area contributed by atoms with Crippen LogP contribution in [-0.2, 0) is 0 Å². The maximum absolute atomic E-state index is 12.7. The van der Waals surface area contributed by atoms with Crippen molar-refractivity contribution in [1.29, 1.82) is 0 Å². The molecule has 2 aliphatic rings. The van der Waals surface area contributed by atoms with Crippen LogP contribution in [0.15, 0.2) is 11.4 Å². The molecule has 5 heteroatoms. The zero-order valence-electron chi connectivity index (χ0n) is 12.0. The highest BCUT2D eigenvalue weighted by molar-refractivity contribution is 7.12. The van der Waals surface area contributed by atoms with Gasteiger partial charge in [-0.15, -0.1) is 11.3 Å². The predicted molar refractivity (Wildman–Crippen MR) is 83.4 cm³/mol. The average Bonchev–Trinajstić information content (AvgIpc) is 3.14. The zero-order chi connectivity index (χ0) is 14.7. The van der Waals surface area contributed by atoms with Crippen LogP contribution in [0.25, 0.3) is 0 Å². The molecule has 1 aromatic heterocycles. The van der Waals surface area contributed by atoms with Crippen LogP contribution >= 0.6 is 11.3 Å². The summed E-state index contributed by atoms with van der Waals surface area (Å²) in [6.45, 7) is 3.90. The number of thiophene rings is 1. The SMILES string of the molecule is O=C(c1sccc1C#CCCO)N1CCN2CCCC2C1. The minimum absolute atomic E-state index is 0.0596. The highest BCUT2D eigenvalue weighted by Crippen LogP contribution is 2.24. The number of carbonyl (C=O) groups excluding carboxylic acids is 1. The normalized spacial score (nSPS) is 21.8. The van der Waals surface area contributed by atoms with Crippen LogP contribution in [0, 0.1) is 11.8 Å². The molecule has 1 amide bonds. The van der Waals surface area contributed by atoms with Crippen molar-refractivity contribution in [1.82, 2.24) is 9.80 Å². The number of rotatable bonds is 2. The number of aliphatic hydroxyl groups excluding tert-OH is 1. The topological polar surface area (TPSA) is 43.8 Å². The lowest BCUT2D eigenvalue weighted by Gasteiger charge is -2.37. The molecule has 1 unspecified atom stereocenters. The van der Waals surface area contributed by atoms with Crippen molar-refractivity contribution in [2.75, 3.05) is 32.8 Å². The molecule has 3 heterocycles. The summed E-state index contributed by atoms with van der Waals surface area (Å²) in [4.78, 5) is 17.9. The van der Waals surface area contributed by atoms with Gasteiger partial charge in [-0.25, -0.2) is 0 Å². The summed E-state index contributed by atoms with van der Waals surface area (Å²) >= 11 is 1.46. The first-order chi connectivity index (χ1) is 10.3. The van der Waals surface area contributed by atoms with Crippen molar-refractivity contribution in [3.63, 3.8) is 0 Å². The van der Waals surface area contributed by atoms with E-state index in [0.717, 1.165) is 30.1 Å². The molecule has 0 bridgehead atoms. The smallest absolute Gasteiger partial charge is 0.265 e. The van der Waals surface area contributed by atoms with Crippen molar-refractivity contribution in [3.8, 4) is 11.8 Å². The fourth-order valence-electron chi connectivity index (χ4n) is 3.11. The summed E-state index contributed by atoms with van der Waals surface area (Å²) in [5.41, 5.74) is 0.798. The molecule has 3 rings (SSSR count). The van der Waals surface area contributed by atoms with Crippen LogP contribution in [-0.4, -0.2) is 59.6 Å². The summed E-state index contributed by atoms with van der Waals surface area (Å²) in [6.07, 6.45) is 2.91. The van der Waals surface area contributed by atoms with Gasteiger partial charge in [-0.2, -0.15) is 0 Å². The third kappa shape index (κ3) is 3.13. The molecule has 0 aliphatic carbocycles. The van der Waals surface area contributed by atoms with E-state index < -0.39 is 0 Å². The first kappa shape index (κ1) is 14.6. The van der Waals surface area contributed by atoms with Gasteiger partial charge in [0.05, 0.1) is 6.61 Å². The molecular formula is C16H20N2O2S. The highest BCUT2D eigenvalue weighted by Gasteiger charge is 2.33. The van der Waals surface area contributed by atoms with Crippen molar-refractivity contribution < 1.29 is 9.90 Å². The Labute approximate surface area is 129 Å². The van der Waals surface area contributed by atoms with Gasteiger partial charge in [0.25, 0.3) is 5.91 Å². The van der Waals surface area contributed by atoms with Gasteiger partial charge in [0.15, 0.2) is 0 Å². The lowest BCUT2D eigenvalue weighted by atomic mass is 10.1. The monoisotopic (exact) mass is 304 g/mol. The van der Waals surface area contributed by atoms with Crippen LogP contribution in [0.4, 0.5) is 0 Å². The second-order valence-corrected chi connectivity index (χ2v) is 6.44. The van der Waals surface area contributed by atoms with E-state index in [-0.39, 0.29) is 12.5 Å². The number of nitrogens with zero attached hydrogens (tertiary/aromatic N) is 2. The molecule has 2 aliphatic heterocycles. The summed E-state index contributed by atoms with van der Waals surface area (Å²) in [7, 11) is 0. The molecule has 0 aromatic carbocycles. The fourth-order valence-corrected chi connectivity index (χ4v) is 3.92. The van der Waals surface area contributed by atoms with Crippen molar-refractivity contribution in [2.45, 2.75) is 25.3 Å². The highest BCUT2D eigenvalue weighted by atomic mass is 32.1. The number of hydrogen-bond acceptors (Lipinski definition) is 4. The Bertz CT molecular complexity index is 572. The van der Waals surface area contributed by atoms with E-state index in [0.29, 0.717) is 12.5 Å². The summed E-state index contributed by atoms with van der Waals surface area (Å²) in [5.74, 6) is 6.02. The lowest BCUT2D eigenvalue weighted by Crippen LogP contribution is -2.52. The van der Waals surface area contributed by atoms with Crippen molar-refractivity contribution in [3.05, 3.63) is 21.9 Å². The molecule has 1 aromatic rings. The molecule has 112 valence electrons. The van der Waals surface area contributed by atoms with Gasteiger partial charge in [0, 0.05) is 37.7 Å². The van der Waals surface area contributed by atoms with Gasteiger partial charge < -0.3 is 10.0 Å². The first-order valence-electron chi connectivity index (χ1n) is 7.50. The van der Waals surface area contributed by atoms with Gasteiger partial charge >= 0.3 is 0 Å². The summed E-state index contributed by atoms with van der Waals surface area (Å²) in [5, 5.41) is 10.7. The fraction of sp³-hybridized carbons (Fsp3) is 0.562. The van der Waals surface area contributed by atoms with Crippen LogP contribution in [0.2, 0.25) is 0 Å². The first-order valence-corrected chi connectivity index (χ1v) is 8.38. The Hall–Kier alpha value is -1.35. The maximum atomic E-state index is 12.7. The number of fused-ring (bicyclic) bond motifs is 1. The van der Waals surface area contributed by atoms with E-state index in [1.165, 1.54) is 30.7 Å². The summed E-state index contributed by atoms with van der Waals surface area (Å²) in [6, 6.07) is 2.44. The van der Waals surface area contributed by atoms with Crippen LogP contribution in [0.3, 0.4) is 0 Å². The largest absolute Gasteiger partial charge is 0.395 e. The van der Waals surface area contributed by atoms with Gasteiger partial charge in [-0.05, 0) is 30.8 Å². The maximum Gasteiger partial charge on any atom is 0.265 e. The van der Waals surface area contributed by atoms with Crippen LogP contribution in [0.1, 0.15) is 34.5 Å². The number of carbonyl (C=O) groups is 1. The molecular weight excluding hydrogens is 284 g/mol. The second kappa shape index (κ2) is 6.61. The minimum atomic E-state index is 0.0596. The zero-order valence-corrected chi connectivity index (χ0v) is 12.9. The number of amides is 1. The Morgan fingerprint density at radius 2 is 2.33 bits per heavy atom. The van der Waals surface area contributed by atoms with Crippen LogP contribution < -0.4 is 0 Å². The Morgan fingerprint density at radius 1 is 1.43 bits per heavy atom. The third-order valence-electron chi connectivity index (χ3n) is 4.19. The molecule has 1 atom stereocenters. The number of piperazine rings is 1. The van der Waals surface area contributed by atoms with Crippen molar-refractivity contribution in [2.24, 2.45) is 0 Å². The molecule has 0 spiro atoms. The molecule has 2 saturated heterocycles. The van der Waals surface area contributed by atoms with Gasteiger partial charge in [0.2, 0.25) is 0 Å². The van der Waals surface area contributed by atoms with E-state index >= 15 is 0 Å². The Morgan fingerprint density at radius 3 is 3.19 bits per heavy atom. The Balaban J connectivity index is 1.71. The molecule has 21 heavy (non-hydrogen) atoms.